The Morgan fingerprint density at radius 2 is 2.14 bits per heavy atom. The van der Waals surface area contributed by atoms with Crippen molar-refractivity contribution in [3.8, 4) is 0 Å². The van der Waals surface area contributed by atoms with E-state index in [1.165, 1.54) is 0 Å². The predicted molar refractivity (Wildman–Crippen MR) is 83.8 cm³/mol. The summed E-state index contributed by atoms with van der Waals surface area (Å²) in [6.07, 6.45) is 5.44. The van der Waals surface area contributed by atoms with E-state index in [1.54, 1.807) is 17.1 Å². The van der Waals surface area contributed by atoms with Crippen LogP contribution in [0.25, 0.3) is 0 Å². The predicted octanol–water partition coefficient (Wildman–Crippen LogP) is 2.61. The summed E-state index contributed by atoms with van der Waals surface area (Å²) in [4.78, 5) is 12.3. The van der Waals surface area contributed by atoms with E-state index in [0.29, 0.717) is 0 Å². The smallest absolute Gasteiger partial charge is 0.245 e. The van der Waals surface area contributed by atoms with Crippen molar-refractivity contribution in [2.45, 2.75) is 46.3 Å². The lowest BCUT2D eigenvalue weighted by Gasteiger charge is -2.17. The minimum absolute atomic E-state index is 0.0678. The number of aromatic nitrogens is 4. The van der Waals surface area contributed by atoms with Crippen LogP contribution in [0.3, 0.4) is 0 Å². The van der Waals surface area contributed by atoms with Crippen LogP contribution < -0.4 is 5.32 Å². The molecule has 2 aromatic heterocycles. The van der Waals surface area contributed by atoms with E-state index in [2.05, 4.69) is 31.4 Å². The van der Waals surface area contributed by atoms with Crippen molar-refractivity contribution in [1.82, 2.24) is 24.9 Å². The second kappa shape index (κ2) is 6.43. The maximum atomic E-state index is 12.3. The van der Waals surface area contributed by atoms with E-state index in [4.69, 9.17) is 0 Å². The molecule has 21 heavy (non-hydrogen) atoms. The van der Waals surface area contributed by atoms with Crippen LogP contribution in [0.1, 0.15) is 44.1 Å². The highest BCUT2D eigenvalue weighted by Crippen LogP contribution is 2.18. The van der Waals surface area contributed by atoms with Gasteiger partial charge in [-0.2, -0.15) is 10.2 Å². The van der Waals surface area contributed by atoms with Gasteiger partial charge in [-0.1, -0.05) is 0 Å². The molecule has 7 heteroatoms. The van der Waals surface area contributed by atoms with Crippen molar-refractivity contribution in [2.75, 3.05) is 0 Å². The van der Waals surface area contributed by atoms with Gasteiger partial charge in [-0.05, 0) is 43.6 Å². The van der Waals surface area contributed by atoms with Gasteiger partial charge in [0.05, 0.1) is 22.4 Å². The number of aryl methyl sites for hydroxylation is 2. The Morgan fingerprint density at radius 3 is 2.67 bits per heavy atom. The van der Waals surface area contributed by atoms with Crippen LogP contribution in [0.4, 0.5) is 0 Å². The number of carbonyl (C=O) groups excluding carboxylic acids is 1. The van der Waals surface area contributed by atoms with Gasteiger partial charge < -0.3 is 5.32 Å². The second-order valence-corrected chi connectivity index (χ2v) is 5.99. The van der Waals surface area contributed by atoms with Crippen LogP contribution in [-0.2, 0) is 11.3 Å². The molecule has 0 radical (unpaired) electrons. The van der Waals surface area contributed by atoms with E-state index in [9.17, 15) is 4.79 Å². The maximum absolute atomic E-state index is 12.3. The minimum atomic E-state index is -0.361. The first-order chi connectivity index (χ1) is 9.92. The zero-order chi connectivity index (χ0) is 15.6. The number of hydrogen-bond donors (Lipinski definition) is 1. The van der Waals surface area contributed by atoms with Crippen molar-refractivity contribution in [2.24, 2.45) is 0 Å². The van der Waals surface area contributed by atoms with Crippen LogP contribution in [-0.4, -0.2) is 25.5 Å². The molecule has 0 aliphatic carbocycles. The van der Waals surface area contributed by atoms with Gasteiger partial charge in [0.15, 0.2) is 0 Å². The van der Waals surface area contributed by atoms with Gasteiger partial charge in [0, 0.05) is 24.5 Å². The Balaban J connectivity index is 2.06. The lowest BCUT2D eigenvalue weighted by atomic mass is 10.1. The molecule has 0 saturated carbocycles. The summed E-state index contributed by atoms with van der Waals surface area (Å²) in [5, 5.41) is 11.6. The lowest BCUT2D eigenvalue weighted by Crippen LogP contribution is -2.33. The van der Waals surface area contributed by atoms with E-state index < -0.39 is 0 Å². The fraction of sp³-hybridized carbons (Fsp3) is 0.500. The Labute approximate surface area is 132 Å². The molecule has 0 aliphatic rings. The first kappa shape index (κ1) is 15.8. The molecule has 0 aromatic carbocycles. The van der Waals surface area contributed by atoms with Gasteiger partial charge in [-0.3, -0.25) is 14.2 Å². The summed E-state index contributed by atoms with van der Waals surface area (Å²) in [6.45, 7) is 8.60. The number of hydrogen-bond acceptors (Lipinski definition) is 3. The summed E-state index contributed by atoms with van der Waals surface area (Å²) >= 11 is 3.33. The number of nitrogens with one attached hydrogen (secondary N) is 1. The molecule has 6 nitrogen and oxygen atoms in total. The standard InChI is InChI=1S/C14H20BrN5O/c1-5-19-8-13(10(3)18-19)9(2)17-14(21)11(4)20-7-12(15)6-16-20/h6-9,11H,5H2,1-4H3,(H,17,21). The first-order valence-corrected chi connectivity index (χ1v) is 7.75. The van der Waals surface area contributed by atoms with E-state index >= 15 is 0 Å². The zero-order valence-corrected chi connectivity index (χ0v) is 14.3. The van der Waals surface area contributed by atoms with Crippen LogP contribution >= 0.6 is 15.9 Å². The molecule has 0 spiro atoms. The molecule has 0 fully saturated rings. The SMILES string of the molecule is CCn1cc(C(C)NC(=O)C(C)n2cc(Br)cn2)c(C)n1. The van der Waals surface area contributed by atoms with Gasteiger partial charge in [0.25, 0.3) is 0 Å². The maximum Gasteiger partial charge on any atom is 0.245 e. The molecule has 2 atom stereocenters. The summed E-state index contributed by atoms with van der Waals surface area (Å²) in [5.74, 6) is -0.0678. The van der Waals surface area contributed by atoms with Gasteiger partial charge in [0.1, 0.15) is 6.04 Å². The number of amides is 1. The topological polar surface area (TPSA) is 64.7 Å². The minimum Gasteiger partial charge on any atom is -0.348 e. The Morgan fingerprint density at radius 1 is 1.43 bits per heavy atom. The molecule has 2 unspecified atom stereocenters. The Hall–Kier alpha value is -1.63. The van der Waals surface area contributed by atoms with E-state index in [-0.39, 0.29) is 18.0 Å². The number of rotatable bonds is 5. The molecule has 0 saturated heterocycles. The molecule has 2 aromatic rings. The average molecular weight is 354 g/mol. The summed E-state index contributed by atoms with van der Waals surface area (Å²) < 4.78 is 4.37. The largest absolute Gasteiger partial charge is 0.348 e. The molecular weight excluding hydrogens is 334 g/mol. The average Bonchev–Trinajstić information content (AvgIpc) is 3.03. The molecule has 1 amide bonds. The number of nitrogens with zero attached hydrogens (tertiary/aromatic N) is 4. The normalized spacial score (nSPS) is 14.0. The monoisotopic (exact) mass is 353 g/mol. The lowest BCUT2D eigenvalue weighted by molar-refractivity contribution is -0.124. The first-order valence-electron chi connectivity index (χ1n) is 6.96. The van der Waals surface area contributed by atoms with Crippen LogP contribution in [0, 0.1) is 6.92 Å². The van der Waals surface area contributed by atoms with Gasteiger partial charge in [0.2, 0.25) is 5.91 Å². The van der Waals surface area contributed by atoms with Crippen molar-refractivity contribution >= 4 is 21.8 Å². The van der Waals surface area contributed by atoms with Crippen molar-refractivity contribution in [1.29, 1.82) is 0 Å². The van der Waals surface area contributed by atoms with E-state index in [1.807, 2.05) is 38.6 Å². The summed E-state index contributed by atoms with van der Waals surface area (Å²) in [5.41, 5.74) is 1.98. The van der Waals surface area contributed by atoms with Crippen LogP contribution in [0.15, 0.2) is 23.1 Å². The van der Waals surface area contributed by atoms with Crippen molar-refractivity contribution < 1.29 is 4.79 Å². The molecule has 1 N–H and O–H groups in total. The third-order valence-electron chi connectivity index (χ3n) is 3.48. The fourth-order valence-electron chi connectivity index (χ4n) is 2.18. The molecule has 2 heterocycles. The number of carbonyl (C=O) groups is 1. The van der Waals surface area contributed by atoms with Gasteiger partial charge >= 0.3 is 0 Å². The molecule has 114 valence electrons. The molecule has 0 bridgehead atoms. The highest BCUT2D eigenvalue weighted by atomic mass is 79.9. The van der Waals surface area contributed by atoms with Crippen molar-refractivity contribution in [3.63, 3.8) is 0 Å². The quantitative estimate of drug-likeness (QED) is 0.898. The summed E-state index contributed by atoms with van der Waals surface area (Å²) in [7, 11) is 0. The number of halogens is 1. The highest BCUT2D eigenvalue weighted by Gasteiger charge is 2.20. The van der Waals surface area contributed by atoms with Crippen LogP contribution in [0.2, 0.25) is 0 Å². The molecular formula is C14H20BrN5O. The third-order valence-corrected chi connectivity index (χ3v) is 3.89. The van der Waals surface area contributed by atoms with Crippen LogP contribution in [0.5, 0.6) is 0 Å². The van der Waals surface area contributed by atoms with Gasteiger partial charge in [-0.15, -0.1) is 0 Å². The highest BCUT2D eigenvalue weighted by molar-refractivity contribution is 9.10. The third kappa shape index (κ3) is 3.53. The summed E-state index contributed by atoms with van der Waals surface area (Å²) in [6, 6.07) is -0.445. The van der Waals surface area contributed by atoms with Crippen molar-refractivity contribution in [3.05, 3.63) is 34.3 Å². The zero-order valence-electron chi connectivity index (χ0n) is 12.7. The molecule has 0 aliphatic heterocycles. The van der Waals surface area contributed by atoms with E-state index in [0.717, 1.165) is 22.3 Å². The Kier molecular flexibility index (Phi) is 4.82. The Bertz CT molecular complexity index is 633. The second-order valence-electron chi connectivity index (χ2n) is 5.07. The molecule has 2 rings (SSSR count). The van der Waals surface area contributed by atoms with Gasteiger partial charge in [-0.25, -0.2) is 0 Å². The fourth-order valence-corrected chi connectivity index (χ4v) is 2.48.